The topological polar surface area (TPSA) is 53.0 Å². The smallest absolute Gasteiger partial charge is 0.227 e. The van der Waals surface area contributed by atoms with Gasteiger partial charge in [-0.25, -0.2) is 0 Å². The van der Waals surface area contributed by atoms with E-state index in [1.165, 1.54) is 18.2 Å². The third kappa shape index (κ3) is 4.89. The van der Waals surface area contributed by atoms with Crippen molar-refractivity contribution < 1.29 is 14.6 Å². The van der Waals surface area contributed by atoms with E-state index in [4.69, 9.17) is 4.74 Å². The van der Waals surface area contributed by atoms with Crippen molar-refractivity contribution in [2.45, 2.75) is 12.5 Å². The second kappa shape index (κ2) is 9.67. The Labute approximate surface area is 183 Å². The van der Waals surface area contributed by atoms with Gasteiger partial charge in [0.25, 0.3) is 0 Å². The van der Waals surface area contributed by atoms with Gasteiger partial charge in [-0.05, 0) is 28.8 Å². The summed E-state index contributed by atoms with van der Waals surface area (Å²) in [5.74, 6) is 0.576. The molecule has 0 saturated carbocycles. The molecule has 1 fully saturated rings. The first-order valence-corrected chi connectivity index (χ1v) is 10.6. The van der Waals surface area contributed by atoms with Gasteiger partial charge in [-0.3, -0.25) is 9.69 Å². The molecule has 4 rings (SSSR count). The van der Waals surface area contributed by atoms with E-state index in [0.717, 1.165) is 18.7 Å². The molecule has 0 aromatic heterocycles. The van der Waals surface area contributed by atoms with Crippen LogP contribution in [0.3, 0.4) is 0 Å². The van der Waals surface area contributed by atoms with Gasteiger partial charge in [0.1, 0.15) is 0 Å². The zero-order valence-corrected chi connectivity index (χ0v) is 17.8. The number of phenols is 1. The molecule has 31 heavy (non-hydrogen) atoms. The minimum Gasteiger partial charge on any atom is -0.504 e. The van der Waals surface area contributed by atoms with Gasteiger partial charge in [0.05, 0.1) is 19.6 Å². The fourth-order valence-electron chi connectivity index (χ4n) is 4.23. The summed E-state index contributed by atoms with van der Waals surface area (Å²) in [6.45, 7) is 3.03. The van der Waals surface area contributed by atoms with E-state index in [-0.39, 0.29) is 17.7 Å². The van der Waals surface area contributed by atoms with Crippen molar-refractivity contribution in [3.8, 4) is 11.5 Å². The molecule has 5 nitrogen and oxygen atoms in total. The summed E-state index contributed by atoms with van der Waals surface area (Å²) >= 11 is 0. The molecule has 0 spiro atoms. The number of piperazine rings is 1. The first kappa shape index (κ1) is 20.9. The number of hydrogen-bond acceptors (Lipinski definition) is 4. The summed E-state index contributed by atoms with van der Waals surface area (Å²) < 4.78 is 5.16. The van der Waals surface area contributed by atoms with Crippen molar-refractivity contribution in [3.63, 3.8) is 0 Å². The Morgan fingerprint density at radius 3 is 2.03 bits per heavy atom. The summed E-state index contributed by atoms with van der Waals surface area (Å²) in [6, 6.07) is 26.4. The van der Waals surface area contributed by atoms with Gasteiger partial charge in [0.2, 0.25) is 5.91 Å². The van der Waals surface area contributed by atoms with Crippen molar-refractivity contribution in [2.24, 2.45) is 0 Å². The maximum absolute atomic E-state index is 12.9. The van der Waals surface area contributed by atoms with Crippen LogP contribution in [0.15, 0.2) is 78.9 Å². The van der Waals surface area contributed by atoms with Crippen LogP contribution in [-0.4, -0.2) is 54.1 Å². The van der Waals surface area contributed by atoms with Crippen LogP contribution in [0.1, 0.15) is 22.7 Å². The van der Waals surface area contributed by atoms with Gasteiger partial charge in [0, 0.05) is 26.2 Å². The highest BCUT2D eigenvalue weighted by molar-refractivity contribution is 5.79. The lowest BCUT2D eigenvalue weighted by molar-refractivity contribution is -0.132. The Morgan fingerprint density at radius 2 is 1.48 bits per heavy atom. The largest absolute Gasteiger partial charge is 0.504 e. The standard InChI is InChI=1S/C26H28N2O3/c1-31-24-18-20(12-13-23(24)29)19-25(30)27-14-16-28(17-15-27)26(21-8-4-2-5-9-21)22-10-6-3-7-11-22/h2-13,18,26,29H,14-17,19H2,1H3. The van der Waals surface area contributed by atoms with Crippen LogP contribution in [0.4, 0.5) is 0 Å². The van der Waals surface area contributed by atoms with Gasteiger partial charge < -0.3 is 14.7 Å². The summed E-state index contributed by atoms with van der Waals surface area (Å²) in [4.78, 5) is 17.3. The molecule has 5 heteroatoms. The van der Waals surface area contributed by atoms with Crippen LogP contribution in [0, 0.1) is 0 Å². The van der Waals surface area contributed by atoms with E-state index >= 15 is 0 Å². The molecule has 160 valence electrons. The monoisotopic (exact) mass is 416 g/mol. The minimum atomic E-state index is 0.0835. The van der Waals surface area contributed by atoms with Gasteiger partial charge >= 0.3 is 0 Å². The number of phenolic OH excluding ortho intramolecular Hbond substituents is 1. The highest BCUT2D eigenvalue weighted by Gasteiger charge is 2.28. The molecular formula is C26H28N2O3. The molecule has 3 aromatic rings. The van der Waals surface area contributed by atoms with E-state index in [1.54, 1.807) is 18.2 Å². The number of ether oxygens (including phenoxy) is 1. The molecule has 0 radical (unpaired) electrons. The summed E-state index contributed by atoms with van der Waals surface area (Å²) in [5, 5.41) is 9.76. The number of amides is 1. The van der Waals surface area contributed by atoms with Crippen LogP contribution < -0.4 is 4.74 Å². The predicted molar refractivity (Wildman–Crippen MR) is 121 cm³/mol. The summed E-state index contributed by atoms with van der Waals surface area (Å²) in [6.07, 6.45) is 0.303. The SMILES string of the molecule is COc1cc(CC(=O)N2CCN(C(c3ccccc3)c3ccccc3)CC2)ccc1O. The maximum atomic E-state index is 12.9. The molecule has 0 bridgehead atoms. The van der Waals surface area contributed by atoms with E-state index < -0.39 is 0 Å². The number of benzene rings is 3. The van der Waals surface area contributed by atoms with E-state index in [0.29, 0.717) is 25.3 Å². The number of methoxy groups -OCH3 is 1. The van der Waals surface area contributed by atoms with Crippen molar-refractivity contribution in [3.05, 3.63) is 95.6 Å². The number of carbonyl (C=O) groups is 1. The molecule has 1 saturated heterocycles. The lowest BCUT2D eigenvalue weighted by Gasteiger charge is -2.40. The molecule has 1 aliphatic heterocycles. The maximum Gasteiger partial charge on any atom is 0.227 e. The molecule has 1 N–H and O–H groups in total. The molecule has 0 atom stereocenters. The number of aromatic hydroxyl groups is 1. The highest BCUT2D eigenvalue weighted by Crippen LogP contribution is 2.30. The number of nitrogens with zero attached hydrogens (tertiary/aromatic N) is 2. The zero-order valence-electron chi connectivity index (χ0n) is 17.8. The molecule has 1 aliphatic rings. The van der Waals surface area contributed by atoms with Crippen molar-refractivity contribution >= 4 is 5.91 Å². The first-order valence-electron chi connectivity index (χ1n) is 10.6. The minimum absolute atomic E-state index is 0.0835. The Balaban J connectivity index is 1.43. The Kier molecular flexibility index (Phi) is 6.53. The molecule has 0 aliphatic carbocycles. The molecule has 1 amide bonds. The highest BCUT2D eigenvalue weighted by atomic mass is 16.5. The average molecular weight is 417 g/mol. The third-order valence-electron chi connectivity index (χ3n) is 5.86. The summed E-state index contributed by atoms with van der Waals surface area (Å²) in [7, 11) is 1.51. The molecule has 0 unspecified atom stereocenters. The number of rotatable bonds is 6. The van der Waals surface area contributed by atoms with Crippen LogP contribution in [0.25, 0.3) is 0 Å². The van der Waals surface area contributed by atoms with E-state index in [1.807, 2.05) is 17.0 Å². The lowest BCUT2D eigenvalue weighted by atomic mass is 9.96. The van der Waals surface area contributed by atoms with E-state index in [2.05, 4.69) is 53.4 Å². The van der Waals surface area contributed by atoms with Gasteiger partial charge in [0.15, 0.2) is 11.5 Å². The van der Waals surface area contributed by atoms with Crippen molar-refractivity contribution in [2.75, 3.05) is 33.3 Å². The predicted octanol–water partition coefficient (Wildman–Crippen LogP) is 3.88. The van der Waals surface area contributed by atoms with Gasteiger partial charge in [-0.2, -0.15) is 0 Å². The second-order valence-electron chi connectivity index (χ2n) is 7.82. The lowest BCUT2D eigenvalue weighted by Crippen LogP contribution is -2.50. The molecule has 1 heterocycles. The fourth-order valence-corrected chi connectivity index (χ4v) is 4.23. The average Bonchev–Trinajstić information content (AvgIpc) is 2.82. The number of carbonyl (C=O) groups excluding carboxylic acids is 1. The van der Waals surface area contributed by atoms with Crippen LogP contribution in [0.5, 0.6) is 11.5 Å². The third-order valence-corrected chi connectivity index (χ3v) is 5.86. The second-order valence-corrected chi connectivity index (χ2v) is 7.82. The van der Waals surface area contributed by atoms with E-state index in [9.17, 15) is 9.90 Å². The fraction of sp³-hybridized carbons (Fsp3) is 0.269. The first-order chi connectivity index (χ1) is 15.2. The Hall–Kier alpha value is -3.31. The summed E-state index contributed by atoms with van der Waals surface area (Å²) in [5.41, 5.74) is 3.38. The van der Waals surface area contributed by atoms with Crippen LogP contribution >= 0.6 is 0 Å². The van der Waals surface area contributed by atoms with Gasteiger partial charge in [-0.1, -0.05) is 66.7 Å². The Morgan fingerprint density at radius 1 is 0.903 bits per heavy atom. The molecule has 3 aromatic carbocycles. The number of hydrogen-bond donors (Lipinski definition) is 1. The van der Waals surface area contributed by atoms with Crippen molar-refractivity contribution in [1.82, 2.24) is 9.80 Å². The molecular weight excluding hydrogens is 388 g/mol. The van der Waals surface area contributed by atoms with Crippen LogP contribution in [0.2, 0.25) is 0 Å². The normalized spacial score (nSPS) is 14.6. The zero-order chi connectivity index (χ0) is 21.6. The van der Waals surface area contributed by atoms with Crippen LogP contribution in [-0.2, 0) is 11.2 Å². The quantitative estimate of drug-likeness (QED) is 0.663. The Bertz CT molecular complexity index is 960. The van der Waals surface area contributed by atoms with Crippen molar-refractivity contribution in [1.29, 1.82) is 0 Å². The van der Waals surface area contributed by atoms with Gasteiger partial charge in [-0.15, -0.1) is 0 Å².